The van der Waals surface area contributed by atoms with Crippen molar-refractivity contribution >= 4 is 11.7 Å². The molecule has 154 valence electrons. The summed E-state index contributed by atoms with van der Waals surface area (Å²) in [5.41, 5.74) is 2.03. The highest BCUT2D eigenvalue weighted by Crippen LogP contribution is 2.22. The lowest BCUT2D eigenvalue weighted by molar-refractivity contribution is 0.0637. The summed E-state index contributed by atoms with van der Waals surface area (Å²) in [5, 5.41) is 3.59. The molecule has 4 rings (SSSR count). The number of benzene rings is 1. The van der Waals surface area contributed by atoms with E-state index in [0.717, 1.165) is 70.2 Å². The van der Waals surface area contributed by atoms with E-state index in [-0.39, 0.29) is 11.9 Å². The quantitative estimate of drug-likeness (QED) is 0.845. The van der Waals surface area contributed by atoms with Crippen LogP contribution in [0.25, 0.3) is 0 Å². The van der Waals surface area contributed by atoms with Crippen LogP contribution in [0.15, 0.2) is 48.7 Å². The highest BCUT2D eigenvalue weighted by Gasteiger charge is 2.24. The van der Waals surface area contributed by atoms with Gasteiger partial charge in [-0.2, -0.15) is 0 Å². The monoisotopic (exact) mass is 393 g/mol. The molecule has 6 nitrogen and oxygen atoms in total. The van der Waals surface area contributed by atoms with E-state index in [0.29, 0.717) is 0 Å². The molecule has 0 bridgehead atoms. The molecule has 1 aromatic carbocycles. The van der Waals surface area contributed by atoms with Gasteiger partial charge in [-0.05, 0) is 30.7 Å². The van der Waals surface area contributed by atoms with Crippen molar-refractivity contribution in [2.45, 2.75) is 19.4 Å². The molecule has 2 saturated heterocycles. The first kappa shape index (κ1) is 19.9. The zero-order valence-corrected chi connectivity index (χ0v) is 17.3. The molecular formula is C23H31N5O. The first-order valence-corrected chi connectivity index (χ1v) is 10.8. The second-order valence-electron chi connectivity index (χ2n) is 7.90. The predicted molar refractivity (Wildman–Crippen MR) is 116 cm³/mol. The Labute approximate surface area is 173 Å². The predicted octanol–water partition coefficient (Wildman–Crippen LogP) is 2.40. The maximum Gasteiger partial charge on any atom is 0.254 e. The summed E-state index contributed by atoms with van der Waals surface area (Å²) < 4.78 is 0. The summed E-state index contributed by atoms with van der Waals surface area (Å²) in [6.07, 6.45) is 2.94. The fourth-order valence-corrected chi connectivity index (χ4v) is 4.26. The summed E-state index contributed by atoms with van der Waals surface area (Å²) in [5.74, 6) is 1.02. The molecule has 6 heteroatoms. The number of hydrogen-bond acceptors (Lipinski definition) is 5. The smallest absolute Gasteiger partial charge is 0.254 e. The highest BCUT2D eigenvalue weighted by molar-refractivity contribution is 5.95. The van der Waals surface area contributed by atoms with Gasteiger partial charge in [0.25, 0.3) is 5.91 Å². The molecule has 3 heterocycles. The van der Waals surface area contributed by atoms with E-state index in [9.17, 15) is 4.79 Å². The molecule has 1 atom stereocenters. The zero-order valence-electron chi connectivity index (χ0n) is 17.3. The average molecular weight is 394 g/mol. The first-order valence-electron chi connectivity index (χ1n) is 10.8. The molecule has 0 aliphatic carbocycles. The maximum atomic E-state index is 13.0. The van der Waals surface area contributed by atoms with Crippen molar-refractivity contribution in [2.75, 3.05) is 57.3 Å². The van der Waals surface area contributed by atoms with E-state index in [1.807, 2.05) is 23.1 Å². The van der Waals surface area contributed by atoms with Crippen molar-refractivity contribution in [2.24, 2.45) is 0 Å². The first-order chi connectivity index (χ1) is 14.2. The van der Waals surface area contributed by atoms with Crippen molar-refractivity contribution in [1.29, 1.82) is 0 Å². The van der Waals surface area contributed by atoms with Crippen LogP contribution in [0.5, 0.6) is 0 Å². The van der Waals surface area contributed by atoms with Gasteiger partial charge in [-0.25, -0.2) is 4.98 Å². The average Bonchev–Trinajstić information content (AvgIpc) is 2.80. The molecule has 0 spiro atoms. The minimum atomic E-state index is 0.125. The molecule has 0 saturated carbocycles. The van der Waals surface area contributed by atoms with Crippen LogP contribution in [0.2, 0.25) is 0 Å². The number of pyridine rings is 1. The molecule has 1 unspecified atom stereocenters. The Hall–Kier alpha value is -2.44. The minimum Gasteiger partial charge on any atom is -0.353 e. The second kappa shape index (κ2) is 9.37. The van der Waals surface area contributed by atoms with Gasteiger partial charge in [0.2, 0.25) is 0 Å². The van der Waals surface area contributed by atoms with Crippen molar-refractivity contribution in [1.82, 2.24) is 20.1 Å². The SMILES string of the molecule is CCCN1CCN(C(=O)c2ccnc(N3CCNC(c4ccccc4)C3)c2)CC1. The number of anilines is 1. The third-order valence-electron chi connectivity index (χ3n) is 5.89. The Balaban J connectivity index is 1.42. The molecule has 0 radical (unpaired) electrons. The van der Waals surface area contributed by atoms with Gasteiger partial charge >= 0.3 is 0 Å². The van der Waals surface area contributed by atoms with Gasteiger partial charge in [-0.15, -0.1) is 0 Å². The summed E-state index contributed by atoms with van der Waals surface area (Å²) in [6.45, 7) is 9.51. The fourth-order valence-electron chi connectivity index (χ4n) is 4.26. The van der Waals surface area contributed by atoms with Crippen LogP contribution in [0.4, 0.5) is 5.82 Å². The normalized spacial score (nSPS) is 20.7. The lowest BCUT2D eigenvalue weighted by Gasteiger charge is -2.36. The van der Waals surface area contributed by atoms with Crippen molar-refractivity contribution in [3.05, 3.63) is 59.8 Å². The lowest BCUT2D eigenvalue weighted by atomic mass is 10.0. The van der Waals surface area contributed by atoms with Gasteiger partial charge in [0, 0.05) is 63.6 Å². The van der Waals surface area contributed by atoms with E-state index in [1.54, 1.807) is 6.20 Å². The molecule has 1 amide bonds. The van der Waals surface area contributed by atoms with Crippen LogP contribution < -0.4 is 10.2 Å². The molecule has 2 aliphatic heterocycles. The Morgan fingerprint density at radius 1 is 1.10 bits per heavy atom. The van der Waals surface area contributed by atoms with Crippen LogP contribution in [0.1, 0.15) is 35.3 Å². The standard InChI is InChI=1S/C23H31N5O/c1-2-11-26-13-15-27(16-14-26)23(29)20-8-9-25-22(17-20)28-12-10-24-21(18-28)19-6-4-3-5-7-19/h3-9,17,21,24H,2,10-16,18H2,1H3. The van der Waals surface area contributed by atoms with Crippen molar-refractivity contribution < 1.29 is 4.79 Å². The Bertz CT molecular complexity index is 804. The van der Waals surface area contributed by atoms with Crippen LogP contribution in [-0.2, 0) is 0 Å². The highest BCUT2D eigenvalue weighted by atomic mass is 16.2. The molecule has 2 aromatic rings. The molecule has 1 aromatic heterocycles. The zero-order chi connectivity index (χ0) is 20.1. The van der Waals surface area contributed by atoms with Gasteiger partial charge in [0.05, 0.1) is 0 Å². The van der Waals surface area contributed by atoms with E-state index >= 15 is 0 Å². The number of nitrogens with zero attached hydrogens (tertiary/aromatic N) is 4. The molecular weight excluding hydrogens is 362 g/mol. The number of rotatable bonds is 5. The van der Waals surface area contributed by atoms with Gasteiger partial charge in [-0.3, -0.25) is 9.69 Å². The lowest BCUT2D eigenvalue weighted by Crippen LogP contribution is -2.49. The number of carbonyl (C=O) groups is 1. The van der Waals surface area contributed by atoms with E-state index < -0.39 is 0 Å². The Kier molecular flexibility index (Phi) is 6.42. The molecule has 2 fully saturated rings. The van der Waals surface area contributed by atoms with Gasteiger partial charge in [0.1, 0.15) is 5.82 Å². The Morgan fingerprint density at radius 2 is 1.90 bits per heavy atom. The van der Waals surface area contributed by atoms with Crippen molar-refractivity contribution in [3.8, 4) is 0 Å². The summed E-state index contributed by atoms with van der Waals surface area (Å²) >= 11 is 0. The summed E-state index contributed by atoms with van der Waals surface area (Å²) in [4.78, 5) is 24.3. The molecule has 29 heavy (non-hydrogen) atoms. The van der Waals surface area contributed by atoms with E-state index in [4.69, 9.17) is 0 Å². The second-order valence-corrected chi connectivity index (χ2v) is 7.90. The van der Waals surface area contributed by atoms with Gasteiger partial charge in [0.15, 0.2) is 0 Å². The van der Waals surface area contributed by atoms with Crippen LogP contribution >= 0.6 is 0 Å². The summed E-state index contributed by atoms with van der Waals surface area (Å²) in [6, 6.07) is 14.6. The fraction of sp³-hybridized carbons (Fsp3) is 0.478. The third kappa shape index (κ3) is 4.77. The Morgan fingerprint density at radius 3 is 2.66 bits per heavy atom. The van der Waals surface area contributed by atoms with Crippen LogP contribution in [-0.4, -0.2) is 73.0 Å². The number of aromatic nitrogens is 1. The largest absolute Gasteiger partial charge is 0.353 e. The maximum absolute atomic E-state index is 13.0. The van der Waals surface area contributed by atoms with Crippen LogP contribution in [0.3, 0.4) is 0 Å². The number of piperazine rings is 2. The van der Waals surface area contributed by atoms with Crippen LogP contribution in [0, 0.1) is 0 Å². The van der Waals surface area contributed by atoms with E-state index in [1.165, 1.54) is 5.56 Å². The number of amides is 1. The number of hydrogen-bond donors (Lipinski definition) is 1. The number of carbonyl (C=O) groups excluding carboxylic acids is 1. The third-order valence-corrected chi connectivity index (χ3v) is 5.89. The molecule has 1 N–H and O–H groups in total. The van der Waals surface area contributed by atoms with Gasteiger partial charge < -0.3 is 15.1 Å². The topological polar surface area (TPSA) is 51.7 Å². The summed E-state index contributed by atoms with van der Waals surface area (Å²) in [7, 11) is 0. The van der Waals surface area contributed by atoms with Crippen molar-refractivity contribution in [3.63, 3.8) is 0 Å². The minimum absolute atomic E-state index is 0.125. The number of nitrogens with one attached hydrogen (secondary N) is 1. The molecule has 2 aliphatic rings. The van der Waals surface area contributed by atoms with Gasteiger partial charge in [-0.1, -0.05) is 37.3 Å². The van der Waals surface area contributed by atoms with E-state index in [2.05, 4.69) is 51.3 Å².